The van der Waals surface area contributed by atoms with Gasteiger partial charge in [0.05, 0.1) is 0 Å². The summed E-state index contributed by atoms with van der Waals surface area (Å²) in [5.74, 6) is 5.47. The van der Waals surface area contributed by atoms with Gasteiger partial charge in [0.1, 0.15) is 0 Å². The number of hydrogen-bond acceptors (Lipinski definition) is 0. The quantitative estimate of drug-likeness (QED) is 0.119. The van der Waals surface area contributed by atoms with Crippen LogP contribution in [0.3, 0.4) is 0 Å². The third-order valence-corrected chi connectivity index (χ3v) is 23.0. The molecule has 11 fully saturated rings. The fourth-order valence-electron chi connectivity index (χ4n) is 17.5. The van der Waals surface area contributed by atoms with Gasteiger partial charge in [-0.05, 0) is 6.92 Å². The molecule has 14 heteroatoms. The summed E-state index contributed by atoms with van der Waals surface area (Å²) >= 11 is 0. The molecule has 0 radical (unpaired) electrons. The molecule has 82 heavy (non-hydrogen) atoms. The summed E-state index contributed by atoms with van der Waals surface area (Å²) < 4.78 is 0. The summed E-state index contributed by atoms with van der Waals surface area (Å²) in [6.45, 7) is 17.6. The Morgan fingerprint density at radius 2 is 0.524 bits per heavy atom. The first-order valence-corrected chi connectivity index (χ1v) is 35.0. The second-order valence-electron chi connectivity index (χ2n) is 29.6. The molecule has 11 saturated heterocycles. The minimum Gasteiger partial charge on any atom is -0.660 e. The third-order valence-electron chi connectivity index (χ3n) is 23.0. The van der Waals surface area contributed by atoms with Crippen molar-refractivity contribution >= 4 is 0 Å². The molecule has 0 aromatic carbocycles. The zero-order valence-corrected chi connectivity index (χ0v) is 54.2. The van der Waals surface area contributed by atoms with Crippen molar-refractivity contribution in [2.75, 3.05) is 52.4 Å². The summed E-state index contributed by atoms with van der Waals surface area (Å²) in [5.41, 5.74) is 1.42. The van der Waals surface area contributed by atoms with E-state index in [0.717, 1.165) is 100 Å². The van der Waals surface area contributed by atoms with Gasteiger partial charge in [0.25, 0.3) is 0 Å². The first kappa shape index (κ1) is 66.7. The molecule has 470 valence electrons. The van der Waals surface area contributed by atoms with Gasteiger partial charge in [0.15, 0.2) is 0 Å². The molecule has 12 aliphatic heterocycles. The first-order chi connectivity index (χ1) is 39.2. The van der Waals surface area contributed by atoms with Crippen LogP contribution in [0.4, 0.5) is 0 Å². The van der Waals surface area contributed by atoms with Gasteiger partial charge in [-0.3, -0.25) is 0 Å². The predicted octanol–water partition coefficient (Wildman–Crippen LogP) is 17.9. The number of hydrogen-bond donors (Lipinski definition) is 0. The van der Waals surface area contributed by atoms with E-state index >= 15 is 0 Å². The van der Waals surface area contributed by atoms with E-state index in [9.17, 15) is 0 Å². The number of nitrogens with zero attached hydrogens (tertiary/aromatic N) is 12. The fraction of sp³-hybridized carbons (Fsp3) is 0.971. The van der Waals surface area contributed by atoms with Crippen LogP contribution in [-0.2, 0) is 34.1 Å². The zero-order valence-electron chi connectivity index (χ0n) is 52.0. The van der Waals surface area contributed by atoms with Crippen LogP contribution in [0.1, 0.15) is 227 Å². The SMILES string of the molecule is CC1=CCC(C2CCCC(C3CCC(CCC4CCC(C5CCCC(C6CCC(C)C[N-]6)[N-]5)[N-]C4)C[N-]3)[N-]2)[N-]C1.CC1CCC(C2CCCC(C3CCC(CCC4CCC(C5CCCC(C6CCC(C)C[N-]6)[N-]5)[N-]C4)C[N-]3)[N-]2)[N-]C1.[Fe+2].[Fe+2]. The Morgan fingerprint density at radius 3 is 0.732 bits per heavy atom. The van der Waals surface area contributed by atoms with Crippen LogP contribution in [0.5, 0.6) is 0 Å². The summed E-state index contributed by atoms with van der Waals surface area (Å²) in [7, 11) is 0. The fourth-order valence-corrected chi connectivity index (χ4v) is 17.5. The maximum atomic E-state index is 5.37. The second-order valence-corrected chi connectivity index (χ2v) is 29.6. The Hall–Kier alpha value is 0.299. The summed E-state index contributed by atoms with van der Waals surface area (Å²) in [5, 5.41) is 62.4. The van der Waals surface area contributed by atoms with Gasteiger partial charge in [0.2, 0.25) is 0 Å². The van der Waals surface area contributed by atoms with Crippen molar-refractivity contribution in [1.29, 1.82) is 0 Å². The zero-order chi connectivity index (χ0) is 54.6. The Bertz CT molecular complexity index is 1730. The molecule has 12 nitrogen and oxygen atoms in total. The molecule has 12 heterocycles. The first-order valence-electron chi connectivity index (χ1n) is 35.0. The van der Waals surface area contributed by atoms with Gasteiger partial charge < -0.3 is 63.8 Å². The van der Waals surface area contributed by atoms with E-state index in [0.29, 0.717) is 96.7 Å². The molecule has 0 saturated carbocycles. The molecule has 12 rings (SSSR count). The van der Waals surface area contributed by atoms with Crippen LogP contribution in [0.2, 0.25) is 0 Å². The molecule has 0 aromatic heterocycles. The van der Waals surface area contributed by atoms with Gasteiger partial charge in [-0.15, -0.1) is 58.4 Å². The van der Waals surface area contributed by atoms with E-state index in [1.807, 2.05) is 0 Å². The van der Waals surface area contributed by atoms with E-state index < -0.39 is 0 Å². The molecule has 0 aliphatic carbocycles. The van der Waals surface area contributed by atoms with E-state index in [-0.39, 0.29) is 34.1 Å². The molecule has 0 bridgehead atoms. The minimum atomic E-state index is 0. The van der Waals surface area contributed by atoms with E-state index in [1.54, 1.807) is 0 Å². The Morgan fingerprint density at radius 1 is 0.280 bits per heavy atom. The van der Waals surface area contributed by atoms with Crippen LogP contribution >= 0.6 is 0 Å². The minimum absolute atomic E-state index is 0. The van der Waals surface area contributed by atoms with Crippen LogP contribution in [0.25, 0.3) is 63.8 Å². The van der Waals surface area contributed by atoms with Crippen molar-refractivity contribution < 1.29 is 34.1 Å². The second kappa shape index (κ2) is 33.9. The molecular weight excluding hydrogens is 1100 g/mol. The van der Waals surface area contributed by atoms with Gasteiger partial charge in [-0.1, -0.05) is 273 Å². The predicted molar refractivity (Wildman–Crippen MR) is 338 cm³/mol. The van der Waals surface area contributed by atoms with Crippen LogP contribution in [0.15, 0.2) is 11.6 Å². The molecule has 12 aliphatic rings. The maximum Gasteiger partial charge on any atom is 2.00 e. The summed E-state index contributed by atoms with van der Waals surface area (Å²) in [6, 6.07) is 7.61. The average molecular weight is 1210 g/mol. The van der Waals surface area contributed by atoms with Gasteiger partial charge in [-0.25, -0.2) is 0 Å². The van der Waals surface area contributed by atoms with Crippen molar-refractivity contribution in [3.8, 4) is 0 Å². The molecule has 0 aromatic rings. The van der Waals surface area contributed by atoms with Crippen molar-refractivity contribution in [2.24, 2.45) is 41.4 Å². The Labute approximate surface area is 523 Å². The topological polar surface area (TPSA) is 169 Å². The van der Waals surface area contributed by atoms with Gasteiger partial charge >= 0.3 is 34.1 Å². The maximum absolute atomic E-state index is 5.37. The molecule has 0 spiro atoms. The molecule has 0 amide bonds. The summed E-state index contributed by atoms with van der Waals surface area (Å²) in [4.78, 5) is 0. The summed E-state index contributed by atoms with van der Waals surface area (Å²) in [6.07, 6.45) is 42.4. The average Bonchev–Trinajstić information content (AvgIpc) is 3.55. The van der Waals surface area contributed by atoms with Crippen molar-refractivity contribution in [3.05, 3.63) is 75.5 Å². The van der Waals surface area contributed by atoms with Crippen LogP contribution in [-0.4, -0.2) is 149 Å². The smallest absolute Gasteiger partial charge is 0.660 e. The molecule has 23 unspecified atom stereocenters. The third kappa shape index (κ3) is 19.2. The number of piperidine rings is 11. The molecular formula is C68H114Fe2N12-8. The van der Waals surface area contributed by atoms with Crippen molar-refractivity contribution in [3.63, 3.8) is 0 Å². The number of rotatable bonds is 14. The van der Waals surface area contributed by atoms with E-state index in [1.165, 1.54) is 198 Å². The van der Waals surface area contributed by atoms with Crippen LogP contribution < -0.4 is 0 Å². The van der Waals surface area contributed by atoms with E-state index in [4.69, 9.17) is 63.8 Å². The van der Waals surface area contributed by atoms with Gasteiger partial charge in [-0.2, -0.15) is 90.6 Å². The largest absolute Gasteiger partial charge is 2.00 e. The Balaban J connectivity index is 0.000000193. The van der Waals surface area contributed by atoms with Crippen LogP contribution in [0, 0.1) is 41.4 Å². The van der Waals surface area contributed by atoms with Crippen molar-refractivity contribution in [2.45, 2.75) is 323 Å². The van der Waals surface area contributed by atoms with Gasteiger partial charge in [0, 0.05) is 0 Å². The normalized spacial score (nSPS) is 45.4. The molecule has 0 N–H and O–H groups in total. The molecule has 23 atom stereocenters. The monoisotopic (exact) mass is 1210 g/mol. The van der Waals surface area contributed by atoms with Crippen molar-refractivity contribution in [1.82, 2.24) is 0 Å². The Kier molecular flexibility index (Phi) is 27.6. The standard InChI is InChI=1S/C34H58N6.C34H56N6.2Fe/c2*1-23-9-15-27(35-19-23)31-5-3-7-33(39-31)29-17-13-25(21-37-29)11-12-26-14-18-30(38-22-26)34-8-4-6-32(40-34)28-16-10-24(2)20-36-28;;/h23-34H,3-22H2,1-2H3;9,24-34H,3-8,10-22H2,1-2H3;;/q2*-6;2*+2. The van der Waals surface area contributed by atoms with E-state index in [2.05, 4.69) is 33.8 Å².